The SMILES string of the molecule is Cc1ccc(C)c(OCc2ccc(C(=O)Nc3nn(Cc4c(F)cccc4Cl)cc3Cl)o2)c1. The number of benzene rings is 2. The zero-order valence-electron chi connectivity index (χ0n) is 17.9. The number of carbonyl (C=O) groups excluding carboxylic acids is 1. The Hall–Kier alpha value is -3.29. The summed E-state index contributed by atoms with van der Waals surface area (Å²) in [5.74, 6) is 0.475. The molecule has 0 saturated carbocycles. The van der Waals surface area contributed by atoms with Crippen LogP contribution in [0, 0.1) is 19.7 Å². The van der Waals surface area contributed by atoms with Gasteiger partial charge in [0.2, 0.25) is 0 Å². The highest BCUT2D eigenvalue weighted by Gasteiger charge is 2.17. The lowest BCUT2D eigenvalue weighted by Gasteiger charge is -2.08. The Kier molecular flexibility index (Phi) is 6.72. The molecular formula is C24H20Cl2FN3O3. The number of anilines is 1. The van der Waals surface area contributed by atoms with Gasteiger partial charge in [-0.25, -0.2) is 4.39 Å². The standard InChI is InChI=1S/C24H20Cl2FN3O3/c1-14-6-7-15(2)22(10-14)32-13-16-8-9-21(33-16)24(31)28-23-19(26)12-30(29-23)11-17-18(25)4-3-5-20(17)27/h3-10,12H,11,13H2,1-2H3,(H,28,29,31). The second-order valence-electron chi connectivity index (χ2n) is 7.50. The first kappa shape index (κ1) is 22.9. The molecule has 2 aromatic heterocycles. The average Bonchev–Trinajstić information content (AvgIpc) is 3.38. The summed E-state index contributed by atoms with van der Waals surface area (Å²) in [5, 5.41) is 7.29. The molecule has 0 bridgehead atoms. The van der Waals surface area contributed by atoms with Crippen molar-refractivity contribution in [1.82, 2.24) is 9.78 Å². The summed E-state index contributed by atoms with van der Waals surface area (Å²) in [6.45, 7) is 4.18. The maximum absolute atomic E-state index is 14.0. The van der Waals surface area contributed by atoms with Gasteiger partial charge in [0.1, 0.15) is 29.0 Å². The topological polar surface area (TPSA) is 69.3 Å². The molecule has 0 spiro atoms. The number of carbonyl (C=O) groups is 1. The molecular weight excluding hydrogens is 468 g/mol. The molecule has 0 aliphatic heterocycles. The highest BCUT2D eigenvalue weighted by atomic mass is 35.5. The van der Waals surface area contributed by atoms with Crippen molar-refractivity contribution in [3.05, 3.63) is 98.8 Å². The maximum Gasteiger partial charge on any atom is 0.292 e. The molecule has 1 N–H and O–H groups in total. The van der Waals surface area contributed by atoms with E-state index in [0.717, 1.165) is 16.9 Å². The number of nitrogens with one attached hydrogen (secondary N) is 1. The first-order valence-corrected chi connectivity index (χ1v) is 10.8. The number of ether oxygens (including phenoxy) is 1. The number of hydrogen-bond acceptors (Lipinski definition) is 4. The van der Waals surface area contributed by atoms with Crippen LogP contribution in [0.3, 0.4) is 0 Å². The van der Waals surface area contributed by atoms with Gasteiger partial charge in [-0.1, -0.05) is 41.4 Å². The van der Waals surface area contributed by atoms with E-state index in [1.165, 1.54) is 23.0 Å². The van der Waals surface area contributed by atoms with Crippen molar-refractivity contribution < 1.29 is 18.3 Å². The van der Waals surface area contributed by atoms with Crippen LogP contribution in [0.4, 0.5) is 10.2 Å². The number of furan rings is 1. The van der Waals surface area contributed by atoms with E-state index in [0.29, 0.717) is 5.76 Å². The largest absolute Gasteiger partial charge is 0.485 e. The van der Waals surface area contributed by atoms with Crippen LogP contribution in [0.25, 0.3) is 0 Å². The van der Waals surface area contributed by atoms with E-state index in [1.54, 1.807) is 18.2 Å². The van der Waals surface area contributed by atoms with E-state index in [1.807, 2.05) is 32.0 Å². The summed E-state index contributed by atoms with van der Waals surface area (Å²) in [4.78, 5) is 12.6. The molecule has 1 amide bonds. The van der Waals surface area contributed by atoms with E-state index < -0.39 is 11.7 Å². The lowest BCUT2D eigenvalue weighted by molar-refractivity contribution is 0.0992. The third kappa shape index (κ3) is 5.38. The highest BCUT2D eigenvalue weighted by Crippen LogP contribution is 2.25. The van der Waals surface area contributed by atoms with Crippen LogP contribution in [0.2, 0.25) is 10.0 Å². The summed E-state index contributed by atoms with van der Waals surface area (Å²) >= 11 is 12.3. The van der Waals surface area contributed by atoms with Crippen LogP contribution in [0.15, 0.2) is 59.1 Å². The molecule has 2 aromatic carbocycles. The third-order valence-electron chi connectivity index (χ3n) is 4.93. The Balaban J connectivity index is 1.41. The van der Waals surface area contributed by atoms with Gasteiger partial charge in [0.05, 0.1) is 6.54 Å². The number of halogens is 3. The van der Waals surface area contributed by atoms with Gasteiger partial charge in [-0.3, -0.25) is 9.48 Å². The Morgan fingerprint density at radius 2 is 1.97 bits per heavy atom. The molecule has 0 atom stereocenters. The van der Waals surface area contributed by atoms with Crippen LogP contribution in [-0.2, 0) is 13.2 Å². The summed E-state index contributed by atoms with van der Waals surface area (Å²) in [5.41, 5.74) is 2.37. The van der Waals surface area contributed by atoms with Crippen LogP contribution in [0.5, 0.6) is 5.75 Å². The normalized spacial score (nSPS) is 10.9. The van der Waals surface area contributed by atoms with Crippen molar-refractivity contribution in [2.75, 3.05) is 5.32 Å². The zero-order chi connectivity index (χ0) is 23.5. The molecule has 2 heterocycles. The number of rotatable bonds is 7. The first-order chi connectivity index (χ1) is 15.8. The smallest absolute Gasteiger partial charge is 0.292 e. The van der Waals surface area contributed by atoms with Crippen molar-refractivity contribution in [3.8, 4) is 5.75 Å². The predicted octanol–water partition coefficient (Wildman–Crippen LogP) is 6.42. The predicted molar refractivity (Wildman–Crippen MR) is 125 cm³/mol. The fourth-order valence-electron chi connectivity index (χ4n) is 3.17. The van der Waals surface area contributed by atoms with Gasteiger partial charge in [0.15, 0.2) is 11.6 Å². The number of amides is 1. The fourth-order valence-corrected chi connectivity index (χ4v) is 3.59. The minimum Gasteiger partial charge on any atom is -0.485 e. The van der Waals surface area contributed by atoms with Gasteiger partial charge < -0.3 is 14.5 Å². The van der Waals surface area contributed by atoms with Crippen LogP contribution in [-0.4, -0.2) is 15.7 Å². The molecule has 33 heavy (non-hydrogen) atoms. The lowest BCUT2D eigenvalue weighted by atomic mass is 10.1. The molecule has 0 fully saturated rings. The van der Waals surface area contributed by atoms with Crippen LogP contribution >= 0.6 is 23.2 Å². The Morgan fingerprint density at radius 3 is 2.76 bits per heavy atom. The van der Waals surface area contributed by atoms with E-state index >= 15 is 0 Å². The number of aryl methyl sites for hydroxylation is 2. The van der Waals surface area contributed by atoms with Gasteiger partial charge in [0, 0.05) is 16.8 Å². The molecule has 0 saturated heterocycles. The minimum atomic E-state index is -0.524. The summed E-state index contributed by atoms with van der Waals surface area (Å²) in [7, 11) is 0. The fraction of sp³-hybridized carbons (Fsp3) is 0.167. The van der Waals surface area contributed by atoms with E-state index in [2.05, 4.69) is 10.4 Å². The average molecular weight is 488 g/mol. The van der Waals surface area contributed by atoms with Gasteiger partial charge in [-0.2, -0.15) is 5.10 Å². The molecule has 4 rings (SSSR count). The Morgan fingerprint density at radius 1 is 1.15 bits per heavy atom. The van der Waals surface area contributed by atoms with Crippen molar-refractivity contribution in [1.29, 1.82) is 0 Å². The van der Waals surface area contributed by atoms with Crippen molar-refractivity contribution in [2.24, 2.45) is 0 Å². The highest BCUT2D eigenvalue weighted by molar-refractivity contribution is 6.33. The van der Waals surface area contributed by atoms with Gasteiger partial charge in [-0.15, -0.1) is 0 Å². The van der Waals surface area contributed by atoms with E-state index in [-0.39, 0.29) is 40.3 Å². The summed E-state index contributed by atoms with van der Waals surface area (Å²) < 4.78 is 26.8. The molecule has 0 unspecified atom stereocenters. The number of aromatic nitrogens is 2. The lowest BCUT2D eigenvalue weighted by Crippen LogP contribution is -2.12. The molecule has 0 radical (unpaired) electrons. The van der Waals surface area contributed by atoms with Gasteiger partial charge in [0.25, 0.3) is 5.91 Å². The zero-order valence-corrected chi connectivity index (χ0v) is 19.4. The van der Waals surface area contributed by atoms with E-state index in [4.69, 9.17) is 32.4 Å². The summed E-state index contributed by atoms with van der Waals surface area (Å²) in [6.07, 6.45) is 1.48. The van der Waals surface area contributed by atoms with Crippen molar-refractivity contribution >= 4 is 34.9 Å². The van der Waals surface area contributed by atoms with Crippen LogP contribution < -0.4 is 10.1 Å². The van der Waals surface area contributed by atoms with E-state index in [9.17, 15) is 9.18 Å². The molecule has 9 heteroatoms. The van der Waals surface area contributed by atoms with Crippen molar-refractivity contribution in [3.63, 3.8) is 0 Å². The molecule has 170 valence electrons. The molecule has 6 nitrogen and oxygen atoms in total. The Bertz CT molecular complexity index is 1300. The van der Waals surface area contributed by atoms with Crippen molar-refractivity contribution in [2.45, 2.75) is 27.0 Å². The van der Waals surface area contributed by atoms with Gasteiger partial charge >= 0.3 is 0 Å². The monoisotopic (exact) mass is 487 g/mol. The second-order valence-corrected chi connectivity index (χ2v) is 8.32. The molecule has 0 aliphatic rings. The Labute approximate surface area is 199 Å². The maximum atomic E-state index is 14.0. The van der Waals surface area contributed by atoms with Gasteiger partial charge in [-0.05, 0) is 55.3 Å². The minimum absolute atomic E-state index is 0.0573. The number of nitrogens with zero attached hydrogens (tertiary/aromatic N) is 2. The molecule has 4 aromatic rings. The summed E-state index contributed by atoms with van der Waals surface area (Å²) in [6, 6.07) is 13.6. The van der Waals surface area contributed by atoms with Crippen LogP contribution in [0.1, 0.15) is 33.0 Å². The second kappa shape index (κ2) is 9.68. The first-order valence-electron chi connectivity index (χ1n) is 10.1. The molecule has 0 aliphatic carbocycles. The third-order valence-corrected chi connectivity index (χ3v) is 5.56. The quantitative estimate of drug-likeness (QED) is 0.326. The number of hydrogen-bond donors (Lipinski definition) is 1.